The van der Waals surface area contributed by atoms with Crippen LogP contribution < -0.4 is 0 Å². The van der Waals surface area contributed by atoms with E-state index in [0.29, 0.717) is 40.5 Å². The van der Waals surface area contributed by atoms with E-state index < -0.39 is 5.60 Å². The third kappa shape index (κ3) is 4.02. The van der Waals surface area contributed by atoms with Gasteiger partial charge in [-0.05, 0) is 64.7 Å². The first-order valence-electron chi connectivity index (χ1n) is 12.4. The summed E-state index contributed by atoms with van der Waals surface area (Å²) in [5, 5.41) is 20.1. The Morgan fingerprint density at radius 3 is 2.51 bits per heavy atom. The van der Waals surface area contributed by atoms with Crippen LogP contribution in [0.15, 0.2) is 39.6 Å². The van der Waals surface area contributed by atoms with E-state index in [0.717, 1.165) is 46.6 Å². The molecule has 10 heteroatoms. The van der Waals surface area contributed by atoms with E-state index in [1.807, 2.05) is 26.0 Å². The molecule has 1 atom stereocenters. The number of ether oxygens (including phenoxy) is 1. The number of hydrogen-bond acceptors (Lipinski definition) is 8. The van der Waals surface area contributed by atoms with Gasteiger partial charge in [-0.25, -0.2) is 4.98 Å². The largest absolute Gasteiger partial charge is 0.384 e. The monoisotopic (exact) mass is 521 g/mol. The minimum atomic E-state index is -1.24. The van der Waals surface area contributed by atoms with Gasteiger partial charge in [0.25, 0.3) is 0 Å². The van der Waals surface area contributed by atoms with E-state index in [4.69, 9.17) is 35.4 Å². The van der Waals surface area contributed by atoms with E-state index in [1.165, 1.54) is 0 Å². The molecular weight excluding hydrogens is 494 g/mol. The summed E-state index contributed by atoms with van der Waals surface area (Å²) in [6.45, 7) is 8.56. The van der Waals surface area contributed by atoms with Crippen LogP contribution in [0.2, 0.25) is 5.02 Å². The Kier molecular flexibility index (Phi) is 5.82. The number of halogens is 1. The fourth-order valence-corrected chi connectivity index (χ4v) is 5.61. The van der Waals surface area contributed by atoms with E-state index in [1.54, 1.807) is 26.2 Å². The summed E-state index contributed by atoms with van der Waals surface area (Å²) < 4.78 is 19.2. The number of hydrogen-bond donors (Lipinski definition) is 1. The lowest BCUT2D eigenvalue weighted by Crippen LogP contribution is -2.28. The van der Waals surface area contributed by atoms with Crippen molar-refractivity contribution in [3.63, 3.8) is 0 Å². The summed E-state index contributed by atoms with van der Waals surface area (Å²) in [5.74, 6) is 0.938. The van der Waals surface area contributed by atoms with Crippen LogP contribution in [0.3, 0.4) is 0 Å². The van der Waals surface area contributed by atoms with Gasteiger partial charge in [-0.15, -0.1) is 0 Å². The van der Waals surface area contributed by atoms with Crippen molar-refractivity contribution in [1.82, 2.24) is 24.8 Å². The summed E-state index contributed by atoms with van der Waals surface area (Å²) in [6.07, 6.45) is 5.19. The normalized spacial score (nSPS) is 16.2. The molecule has 0 saturated carbocycles. The zero-order chi connectivity index (χ0) is 25.9. The first-order chi connectivity index (χ1) is 17.7. The van der Waals surface area contributed by atoms with Gasteiger partial charge >= 0.3 is 0 Å². The minimum absolute atomic E-state index is 0.191. The fourth-order valence-electron chi connectivity index (χ4n) is 5.50. The summed E-state index contributed by atoms with van der Waals surface area (Å²) in [6, 6.07) is 5.71. The number of fused-ring (bicyclic) bond motifs is 3. The highest BCUT2D eigenvalue weighted by Gasteiger charge is 2.36. The number of rotatable bonds is 5. The molecule has 1 N–H and O–H groups in total. The standard InChI is InChI=1S/C27H28ClN5O4/c1-14-21(15(2)36-31-14)17-11-20-22(30-12-17)25-24(26(32-37-25)27(3,4)34)33(20)23(16-7-9-35-10-8-16)19-6-5-18(28)13-29-19/h5-6,11-13,16,23,34H,7-10H2,1-4H3. The quantitative estimate of drug-likeness (QED) is 0.311. The second-order valence-electron chi connectivity index (χ2n) is 10.2. The zero-order valence-corrected chi connectivity index (χ0v) is 21.9. The van der Waals surface area contributed by atoms with Crippen LogP contribution in [0.4, 0.5) is 0 Å². The van der Waals surface area contributed by atoms with Crippen LogP contribution in [-0.4, -0.2) is 43.2 Å². The molecular formula is C27H28ClN5O4. The Bertz CT molecular complexity index is 1570. The lowest BCUT2D eigenvalue weighted by atomic mass is 9.88. The molecule has 1 aliphatic rings. The molecule has 1 unspecified atom stereocenters. The van der Waals surface area contributed by atoms with Crippen LogP contribution in [0.5, 0.6) is 0 Å². The lowest BCUT2D eigenvalue weighted by molar-refractivity contribution is 0.0542. The predicted octanol–water partition coefficient (Wildman–Crippen LogP) is 5.74. The average molecular weight is 522 g/mol. The third-order valence-corrected chi connectivity index (χ3v) is 7.42. The Morgan fingerprint density at radius 1 is 1.08 bits per heavy atom. The predicted molar refractivity (Wildman–Crippen MR) is 138 cm³/mol. The van der Waals surface area contributed by atoms with Gasteiger partial charge in [0.2, 0.25) is 5.58 Å². The second-order valence-corrected chi connectivity index (χ2v) is 10.7. The molecule has 6 rings (SSSR count). The van der Waals surface area contributed by atoms with E-state index in [-0.39, 0.29) is 12.0 Å². The number of nitrogens with zero attached hydrogens (tertiary/aromatic N) is 5. The second kappa shape index (κ2) is 8.93. The highest BCUT2D eigenvalue weighted by atomic mass is 35.5. The number of pyridine rings is 2. The molecule has 0 amide bonds. The summed E-state index contributed by atoms with van der Waals surface area (Å²) >= 11 is 6.22. The van der Waals surface area contributed by atoms with Crippen molar-refractivity contribution in [3.8, 4) is 11.1 Å². The molecule has 0 spiro atoms. The van der Waals surface area contributed by atoms with Crippen LogP contribution in [0.1, 0.15) is 55.6 Å². The van der Waals surface area contributed by atoms with Gasteiger partial charge in [-0.3, -0.25) is 4.98 Å². The molecule has 0 radical (unpaired) electrons. The van der Waals surface area contributed by atoms with Crippen molar-refractivity contribution in [2.45, 2.75) is 52.2 Å². The van der Waals surface area contributed by atoms with E-state index in [2.05, 4.69) is 20.9 Å². The lowest BCUT2D eigenvalue weighted by Gasteiger charge is -2.32. The van der Waals surface area contributed by atoms with E-state index in [9.17, 15) is 5.11 Å². The summed E-state index contributed by atoms with van der Waals surface area (Å²) in [7, 11) is 0. The van der Waals surface area contributed by atoms with Gasteiger partial charge in [0.15, 0.2) is 0 Å². The maximum atomic E-state index is 11.1. The molecule has 5 aromatic rings. The van der Waals surface area contributed by atoms with Gasteiger partial charge in [-0.2, -0.15) is 0 Å². The molecule has 0 aromatic carbocycles. The first-order valence-corrected chi connectivity index (χ1v) is 12.8. The van der Waals surface area contributed by atoms with Crippen molar-refractivity contribution >= 4 is 33.7 Å². The van der Waals surface area contributed by atoms with Gasteiger partial charge in [0.1, 0.15) is 28.1 Å². The molecule has 192 valence electrons. The zero-order valence-electron chi connectivity index (χ0n) is 21.2. The van der Waals surface area contributed by atoms with Crippen LogP contribution >= 0.6 is 11.6 Å². The van der Waals surface area contributed by atoms with E-state index >= 15 is 0 Å². The van der Waals surface area contributed by atoms with Crippen molar-refractivity contribution in [3.05, 3.63) is 58.5 Å². The Labute approximate surface area is 218 Å². The number of aromatic nitrogens is 5. The van der Waals surface area contributed by atoms with Gasteiger partial charge in [0, 0.05) is 36.7 Å². The van der Waals surface area contributed by atoms with Gasteiger partial charge < -0.3 is 23.5 Å². The number of aryl methyl sites for hydroxylation is 2. The molecule has 1 saturated heterocycles. The van der Waals surface area contributed by atoms with Crippen molar-refractivity contribution in [2.24, 2.45) is 5.92 Å². The molecule has 37 heavy (non-hydrogen) atoms. The van der Waals surface area contributed by atoms with Crippen molar-refractivity contribution < 1.29 is 18.9 Å². The summed E-state index contributed by atoms with van der Waals surface area (Å²) in [4.78, 5) is 9.57. The Hall–Kier alpha value is -3.27. The van der Waals surface area contributed by atoms with Gasteiger partial charge in [0.05, 0.1) is 28.0 Å². The maximum absolute atomic E-state index is 11.1. The summed E-state index contributed by atoms with van der Waals surface area (Å²) in [5.41, 5.74) is 5.42. The highest BCUT2D eigenvalue weighted by molar-refractivity contribution is 6.30. The SMILES string of the molecule is Cc1noc(C)c1-c1cnc2c3onc(C(C)(C)O)c3n(C(c3ccc(Cl)cn3)C3CCOCC3)c2c1. The number of aliphatic hydroxyl groups is 1. The fraction of sp³-hybridized carbons (Fsp3) is 0.407. The Balaban J connectivity index is 1.70. The van der Waals surface area contributed by atoms with Crippen LogP contribution in [0, 0.1) is 19.8 Å². The topological polar surface area (TPSA) is 112 Å². The smallest absolute Gasteiger partial charge is 0.211 e. The molecule has 9 nitrogen and oxygen atoms in total. The molecule has 1 aliphatic heterocycles. The van der Waals surface area contributed by atoms with Crippen LogP contribution in [0.25, 0.3) is 33.3 Å². The molecule has 0 aliphatic carbocycles. The van der Waals surface area contributed by atoms with Gasteiger partial charge in [-0.1, -0.05) is 21.9 Å². The Morgan fingerprint density at radius 2 is 1.86 bits per heavy atom. The highest BCUT2D eigenvalue weighted by Crippen LogP contribution is 2.43. The van der Waals surface area contributed by atoms with Crippen LogP contribution in [-0.2, 0) is 10.3 Å². The molecule has 1 fully saturated rings. The molecule has 6 heterocycles. The van der Waals surface area contributed by atoms with Crippen molar-refractivity contribution in [1.29, 1.82) is 0 Å². The third-order valence-electron chi connectivity index (χ3n) is 7.20. The molecule has 0 bridgehead atoms. The average Bonchev–Trinajstić information content (AvgIpc) is 3.54. The maximum Gasteiger partial charge on any atom is 0.211 e. The minimum Gasteiger partial charge on any atom is -0.384 e. The van der Waals surface area contributed by atoms with Crippen molar-refractivity contribution in [2.75, 3.05) is 13.2 Å². The first kappa shape index (κ1) is 24.1. The molecule has 5 aromatic heterocycles.